The lowest BCUT2D eigenvalue weighted by Gasteiger charge is -2.23. The van der Waals surface area contributed by atoms with Crippen molar-refractivity contribution in [1.29, 1.82) is 0 Å². The van der Waals surface area contributed by atoms with E-state index in [0.29, 0.717) is 11.1 Å². The first-order valence-corrected chi connectivity index (χ1v) is 8.83. The number of carbonyl (C=O) groups is 3. The van der Waals surface area contributed by atoms with Gasteiger partial charge in [-0.25, -0.2) is 0 Å². The van der Waals surface area contributed by atoms with Crippen molar-refractivity contribution in [2.75, 3.05) is 19.6 Å². The summed E-state index contributed by atoms with van der Waals surface area (Å²) in [4.78, 5) is 40.2. The smallest absolute Gasteiger partial charge is 0.261 e. The van der Waals surface area contributed by atoms with Crippen LogP contribution in [0.1, 0.15) is 66.7 Å². The molecule has 3 amide bonds. The van der Waals surface area contributed by atoms with Gasteiger partial charge in [-0.3, -0.25) is 19.3 Å². The highest BCUT2D eigenvalue weighted by Crippen LogP contribution is 2.22. The Balaban J connectivity index is 1.95. The summed E-state index contributed by atoms with van der Waals surface area (Å²) >= 11 is 0. The van der Waals surface area contributed by atoms with E-state index in [4.69, 9.17) is 0 Å². The lowest BCUT2D eigenvalue weighted by Crippen LogP contribution is -2.37. The average Bonchev–Trinajstić information content (AvgIpc) is 2.84. The predicted octanol–water partition coefficient (Wildman–Crippen LogP) is 3.10. The third kappa shape index (κ3) is 4.02. The third-order valence-electron chi connectivity index (χ3n) is 4.34. The molecule has 0 saturated carbocycles. The highest BCUT2D eigenvalue weighted by Gasteiger charge is 2.35. The SMILES string of the molecule is CCCCN(CCCC)C(=O)CCN1C(=O)c2ccccc2C1=O. The highest BCUT2D eigenvalue weighted by molar-refractivity contribution is 6.21. The molecule has 1 aromatic rings. The second-order valence-electron chi connectivity index (χ2n) is 6.15. The van der Waals surface area contributed by atoms with Gasteiger partial charge in [-0.1, -0.05) is 38.8 Å². The van der Waals surface area contributed by atoms with Crippen molar-refractivity contribution in [3.63, 3.8) is 0 Å². The van der Waals surface area contributed by atoms with Crippen molar-refractivity contribution >= 4 is 17.7 Å². The van der Waals surface area contributed by atoms with Crippen LogP contribution in [-0.2, 0) is 4.79 Å². The second kappa shape index (κ2) is 8.62. The lowest BCUT2D eigenvalue weighted by atomic mass is 10.1. The molecule has 5 heteroatoms. The van der Waals surface area contributed by atoms with E-state index < -0.39 is 0 Å². The van der Waals surface area contributed by atoms with E-state index in [0.717, 1.165) is 38.8 Å². The Labute approximate surface area is 143 Å². The molecule has 0 spiro atoms. The van der Waals surface area contributed by atoms with Gasteiger partial charge in [0, 0.05) is 26.1 Å². The number of hydrogen-bond acceptors (Lipinski definition) is 3. The van der Waals surface area contributed by atoms with Crippen LogP contribution in [0.3, 0.4) is 0 Å². The van der Waals surface area contributed by atoms with Gasteiger partial charge < -0.3 is 4.90 Å². The Bertz CT molecular complexity index is 569. The van der Waals surface area contributed by atoms with Crippen molar-refractivity contribution in [2.45, 2.75) is 46.0 Å². The van der Waals surface area contributed by atoms with Gasteiger partial charge in [-0.2, -0.15) is 0 Å². The molecule has 0 fully saturated rings. The maximum atomic E-state index is 12.5. The number of rotatable bonds is 9. The van der Waals surface area contributed by atoms with Gasteiger partial charge in [0.2, 0.25) is 5.91 Å². The number of unbranched alkanes of at least 4 members (excludes halogenated alkanes) is 2. The summed E-state index contributed by atoms with van der Waals surface area (Å²) in [5.41, 5.74) is 0.868. The van der Waals surface area contributed by atoms with Crippen LogP contribution < -0.4 is 0 Å². The van der Waals surface area contributed by atoms with Crippen LogP contribution in [0.5, 0.6) is 0 Å². The summed E-state index contributed by atoms with van der Waals surface area (Å²) in [6.07, 6.45) is 4.21. The molecule has 0 radical (unpaired) electrons. The van der Waals surface area contributed by atoms with E-state index in [1.165, 1.54) is 4.90 Å². The average molecular weight is 330 g/mol. The fourth-order valence-corrected chi connectivity index (χ4v) is 2.87. The molecule has 0 aromatic heterocycles. The molecule has 0 bridgehead atoms. The summed E-state index contributed by atoms with van der Waals surface area (Å²) in [7, 11) is 0. The number of imide groups is 1. The summed E-state index contributed by atoms with van der Waals surface area (Å²) in [6.45, 7) is 5.84. The Morgan fingerprint density at radius 1 is 0.958 bits per heavy atom. The molecule has 0 N–H and O–H groups in total. The molecule has 0 saturated heterocycles. The molecule has 1 heterocycles. The van der Waals surface area contributed by atoms with Crippen LogP contribution in [0, 0.1) is 0 Å². The number of benzene rings is 1. The van der Waals surface area contributed by atoms with Gasteiger partial charge in [0.1, 0.15) is 0 Å². The second-order valence-corrected chi connectivity index (χ2v) is 6.15. The minimum atomic E-state index is -0.294. The van der Waals surface area contributed by atoms with Crippen LogP contribution in [0.15, 0.2) is 24.3 Å². The van der Waals surface area contributed by atoms with Crippen LogP contribution in [-0.4, -0.2) is 47.2 Å². The largest absolute Gasteiger partial charge is 0.343 e. The molecule has 2 rings (SSSR count). The van der Waals surface area contributed by atoms with Gasteiger partial charge in [-0.05, 0) is 25.0 Å². The predicted molar refractivity (Wildman–Crippen MR) is 92.8 cm³/mol. The molecule has 0 aliphatic carbocycles. The fourth-order valence-electron chi connectivity index (χ4n) is 2.87. The molecule has 1 aliphatic rings. The minimum absolute atomic E-state index is 0.0217. The zero-order chi connectivity index (χ0) is 17.5. The molecule has 24 heavy (non-hydrogen) atoms. The van der Waals surface area contributed by atoms with Gasteiger partial charge in [0.05, 0.1) is 11.1 Å². The normalized spacial score (nSPS) is 13.3. The maximum Gasteiger partial charge on any atom is 0.261 e. The van der Waals surface area contributed by atoms with Crippen molar-refractivity contribution in [2.24, 2.45) is 0 Å². The van der Waals surface area contributed by atoms with Crippen molar-refractivity contribution in [3.8, 4) is 0 Å². The van der Waals surface area contributed by atoms with Gasteiger partial charge in [0.25, 0.3) is 11.8 Å². The molecular formula is C19H26N2O3. The molecule has 1 aromatic carbocycles. The van der Waals surface area contributed by atoms with E-state index >= 15 is 0 Å². The number of nitrogens with zero attached hydrogens (tertiary/aromatic N) is 2. The third-order valence-corrected chi connectivity index (χ3v) is 4.34. The van der Waals surface area contributed by atoms with Crippen LogP contribution in [0.25, 0.3) is 0 Å². The fraction of sp³-hybridized carbons (Fsp3) is 0.526. The van der Waals surface area contributed by atoms with E-state index in [1.807, 2.05) is 4.90 Å². The summed E-state index contributed by atoms with van der Waals surface area (Å²) in [5, 5.41) is 0. The standard InChI is InChI=1S/C19H26N2O3/c1-3-5-12-20(13-6-4-2)17(22)11-14-21-18(23)15-9-7-8-10-16(15)19(21)24/h7-10H,3-6,11-14H2,1-2H3. The Kier molecular flexibility index (Phi) is 6.53. The van der Waals surface area contributed by atoms with Crippen molar-refractivity contribution < 1.29 is 14.4 Å². The highest BCUT2D eigenvalue weighted by atomic mass is 16.2. The van der Waals surface area contributed by atoms with E-state index in [1.54, 1.807) is 24.3 Å². The monoisotopic (exact) mass is 330 g/mol. The van der Waals surface area contributed by atoms with E-state index in [-0.39, 0.29) is 30.7 Å². The number of carbonyl (C=O) groups excluding carboxylic acids is 3. The molecule has 130 valence electrons. The van der Waals surface area contributed by atoms with Crippen LogP contribution in [0.2, 0.25) is 0 Å². The lowest BCUT2D eigenvalue weighted by molar-refractivity contribution is -0.131. The molecule has 0 atom stereocenters. The molecular weight excluding hydrogens is 304 g/mol. The minimum Gasteiger partial charge on any atom is -0.343 e. The zero-order valence-electron chi connectivity index (χ0n) is 14.6. The Hall–Kier alpha value is -2.17. The molecule has 5 nitrogen and oxygen atoms in total. The molecule has 0 unspecified atom stereocenters. The summed E-state index contributed by atoms with van der Waals surface area (Å²) in [5.74, 6) is -0.567. The summed E-state index contributed by atoms with van der Waals surface area (Å²) < 4.78 is 0. The van der Waals surface area contributed by atoms with E-state index in [2.05, 4.69) is 13.8 Å². The van der Waals surface area contributed by atoms with Crippen molar-refractivity contribution in [3.05, 3.63) is 35.4 Å². The zero-order valence-corrected chi connectivity index (χ0v) is 14.6. The Morgan fingerprint density at radius 2 is 1.46 bits per heavy atom. The maximum absolute atomic E-state index is 12.5. The van der Waals surface area contributed by atoms with Gasteiger partial charge in [0.15, 0.2) is 0 Å². The first kappa shape index (κ1) is 18.2. The van der Waals surface area contributed by atoms with Crippen LogP contribution >= 0.6 is 0 Å². The van der Waals surface area contributed by atoms with Crippen LogP contribution in [0.4, 0.5) is 0 Å². The molecule has 1 aliphatic heterocycles. The topological polar surface area (TPSA) is 57.7 Å². The summed E-state index contributed by atoms with van der Waals surface area (Å²) in [6, 6.07) is 6.81. The number of amides is 3. The number of fused-ring (bicyclic) bond motifs is 1. The quantitative estimate of drug-likeness (QED) is 0.654. The number of hydrogen-bond donors (Lipinski definition) is 0. The van der Waals surface area contributed by atoms with Gasteiger partial charge >= 0.3 is 0 Å². The Morgan fingerprint density at radius 3 is 1.92 bits per heavy atom. The van der Waals surface area contributed by atoms with Gasteiger partial charge in [-0.15, -0.1) is 0 Å². The van der Waals surface area contributed by atoms with E-state index in [9.17, 15) is 14.4 Å². The first-order valence-electron chi connectivity index (χ1n) is 8.83. The first-order chi connectivity index (χ1) is 11.6. The van der Waals surface area contributed by atoms with Crippen molar-refractivity contribution in [1.82, 2.24) is 9.80 Å².